The fourth-order valence-electron chi connectivity index (χ4n) is 1.88. The first kappa shape index (κ1) is 12.7. The molecule has 5 heteroatoms. The van der Waals surface area contributed by atoms with Gasteiger partial charge in [-0.1, -0.05) is 30.0 Å². The molecular formula is C14H11BrN2OS. The number of benzene rings is 1. The SMILES string of the molecule is OCc1c(Sc2ccccc2Br)nc2ccccn12. The van der Waals surface area contributed by atoms with E-state index in [1.807, 2.05) is 53.1 Å². The molecule has 0 bridgehead atoms. The molecule has 2 heterocycles. The van der Waals surface area contributed by atoms with E-state index in [0.717, 1.165) is 25.7 Å². The molecule has 0 saturated carbocycles. The van der Waals surface area contributed by atoms with Crippen LogP contribution in [0.4, 0.5) is 0 Å². The first-order valence-corrected chi connectivity index (χ1v) is 7.40. The van der Waals surface area contributed by atoms with E-state index in [-0.39, 0.29) is 6.61 Å². The zero-order valence-corrected chi connectivity index (χ0v) is 12.4. The quantitative estimate of drug-likeness (QED) is 0.792. The molecule has 19 heavy (non-hydrogen) atoms. The molecule has 0 spiro atoms. The Morgan fingerprint density at radius 3 is 2.74 bits per heavy atom. The van der Waals surface area contributed by atoms with Crippen molar-refractivity contribution in [2.75, 3.05) is 0 Å². The molecule has 3 aromatic rings. The molecule has 2 aromatic heterocycles. The monoisotopic (exact) mass is 334 g/mol. The third-order valence-electron chi connectivity index (χ3n) is 2.79. The van der Waals surface area contributed by atoms with E-state index < -0.39 is 0 Å². The molecule has 0 fully saturated rings. The zero-order chi connectivity index (χ0) is 13.2. The molecule has 0 aliphatic rings. The van der Waals surface area contributed by atoms with Crippen LogP contribution in [0.1, 0.15) is 5.69 Å². The van der Waals surface area contributed by atoms with Gasteiger partial charge in [-0.2, -0.15) is 0 Å². The minimum absolute atomic E-state index is 0.0298. The van der Waals surface area contributed by atoms with Crippen molar-refractivity contribution in [2.45, 2.75) is 16.5 Å². The molecule has 0 unspecified atom stereocenters. The molecule has 0 atom stereocenters. The average Bonchev–Trinajstić information content (AvgIpc) is 2.78. The molecule has 1 N–H and O–H groups in total. The summed E-state index contributed by atoms with van der Waals surface area (Å²) in [6, 6.07) is 13.8. The van der Waals surface area contributed by atoms with Crippen LogP contribution in [0.15, 0.2) is 63.1 Å². The maximum atomic E-state index is 9.57. The van der Waals surface area contributed by atoms with Gasteiger partial charge >= 0.3 is 0 Å². The lowest BCUT2D eigenvalue weighted by Crippen LogP contribution is -1.92. The fourth-order valence-corrected chi connectivity index (χ4v) is 3.35. The van der Waals surface area contributed by atoms with Crippen LogP contribution in [0.3, 0.4) is 0 Å². The van der Waals surface area contributed by atoms with Crippen molar-refractivity contribution >= 4 is 33.3 Å². The number of fused-ring (bicyclic) bond motifs is 1. The molecule has 0 amide bonds. The van der Waals surface area contributed by atoms with Gasteiger partial charge in [0.2, 0.25) is 0 Å². The third-order valence-corrected chi connectivity index (χ3v) is 4.84. The van der Waals surface area contributed by atoms with Gasteiger partial charge in [0.15, 0.2) is 0 Å². The molecular weight excluding hydrogens is 324 g/mol. The van der Waals surface area contributed by atoms with E-state index in [2.05, 4.69) is 20.9 Å². The summed E-state index contributed by atoms with van der Waals surface area (Å²) >= 11 is 5.08. The molecule has 0 radical (unpaired) electrons. The first-order chi connectivity index (χ1) is 9.29. The number of aliphatic hydroxyl groups is 1. The average molecular weight is 335 g/mol. The van der Waals surface area contributed by atoms with Crippen LogP contribution in [0, 0.1) is 0 Å². The van der Waals surface area contributed by atoms with Crippen LogP contribution in [0.5, 0.6) is 0 Å². The lowest BCUT2D eigenvalue weighted by atomic mass is 10.4. The van der Waals surface area contributed by atoms with E-state index in [1.165, 1.54) is 0 Å². The summed E-state index contributed by atoms with van der Waals surface area (Å²) in [5.74, 6) is 0. The van der Waals surface area contributed by atoms with Crippen molar-refractivity contribution in [3.63, 3.8) is 0 Å². The second kappa shape index (κ2) is 5.36. The van der Waals surface area contributed by atoms with E-state index in [0.29, 0.717) is 0 Å². The minimum Gasteiger partial charge on any atom is -0.390 e. The summed E-state index contributed by atoms with van der Waals surface area (Å²) in [5.41, 5.74) is 1.66. The second-order valence-electron chi connectivity index (χ2n) is 3.98. The number of aromatic nitrogens is 2. The van der Waals surface area contributed by atoms with Crippen LogP contribution in [0.25, 0.3) is 5.65 Å². The number of halogens is 1. The van der Waals surface area contributed by atoms with Gasteiger partial charge in [-0.15, -0.1) is 0 Å². The summed E-state index contributed by atoms with van der Waals surface area (Å²) in [5, 5.41) is 10.4. The maximum Gasteiger partial charge on any atom is 0.138 e. The first-order valence-electron chi connectivity index (χ1n) is 5.79. The summed E-state index contributed by atoms with van der Waals surface area (Å²) in [6.45, 7) is -0.0298. The Bertz CT molecular complexity index is 726. The van der Waals surface area contributed by atoms with Crippen LogP contribution in [-0.4, -0.2) is 14.5 Å². The molecule has 0 aliphatic heterocycles. The number of hydrogen-bond donors (Lipinski definition) is 1. The number of imidazole rings is 1. The largest absolute Gasteiger partial charge is 0.390 e. The van der Waals surface area contributed by atoms with Gasteiger partial charge in [-0.05, 0) is 40.2 Å². The second-order valence-corrected chi connectivity index (χ2v) is 5.87. The van der Waals surface area contributed by atoms with E-state index >= 15 is 0 Å². The summed E-state index contributed by atoms with van der Waals surface area (Å²) in [4.78, 5) is 5.65. The van der Waals surface area contributed by atoms with E-state index in [1.54, 1.807) is 11.8 Å². The van der Waals surface area contributed by atoms with Crippen molar-refractivity contribution in [3.8, 4) is 0 Å². The van der Waals surface area contributed by atoms with Gasteiger partial charge in [0.25, 0.3) is 0 Å². The Kier molecular flexibility index (Phi) is 3.59. The van der Waals surface area contributed by atoms with Crippen LogP contribution < -0.4 is 0 Å². The highest BCUT2D eigenvalue weighted by Crippen LogP contribution is 2.34. The van der Waals surface area contributed by atoms with Crippen molar-refractivity contribution in [3.05, 3.63) is 58.8 Å². The Morgan fingerprint density at radius 2 is 1.95 bits per heavy atom. The Morgan fingerprint density at radius 1 is 1.16 bits per heavy atom. The van der Waals surface area contributed by atoms with E-state index in [9.17, 15) is 5.11 Å². The van der Waals surface area contributed by atoms with Gasteiger partial charge in [0.05, 0.1) is 12.3 Å². The Hall–Kier alpha value is -1.30. The summed E-state index contributed by atoms with van der Waals surface area (Å²) < 4.78 is 2.94. The lowest BCUT2D eigenvalue weighted by molar-refractivity contribution is 0.272. The Balaban J connectivity index is 2.08. The highest BCUT2D eigenvalue weighted by molar-refractivity contribution is 9.10. The fraction of sp³-hybridized carbons (Fsp3) is 0.0714. The predicted octanol–water partition coefficient (Wildman–Crippen LogP) is 3.74. The van der Waals surface area contributed by atoms with Gasteiger partial charge in [0, 0.05) is 15.6 Å². The minimum atomic E-state index is -0.0298. The molecule has 3 nitrogen and oxygen atoms in total. The third kappa shape index (κ3) is 2.41. The van der Waals surface area contributed by atoms with Crippen molar-refractivity contribution in [2.24, 2.45) is 0 Å². The normalized spacial score (nSPS) is 11.1. The van der Waals surface area contributed by atoms with Crippen LogP contribution in [-0.2, 0) is 6.61 Å². The Labute approximate surface area is 123 Å². The number of hydrogen-bond acceptors (Lipinski definition) is 3. The number of pyridine rings is 1. The van der Waals surface area contributed by atoms with Gasteiger partial charge in [0.1, 0.15) is 10.7 Å². The maximum absolute atomic E-state index is 9.57. The topological polar surface area (TPSA) is 37.5 Å². The predicted molar refractivity (Wildman–Crippen MR) is 79.4 cm³/mol. The molecule has 3 rings (SSSR count). The van der Waals surface area contributed by atoms with Gasteiger partial charge in [-0.3, -0.25) is 0 Å². The molecule has 96 valence electrons. The van der Waals surface area contributed by atoms with Gasteiger partial charge < -0.3 is 9.51 Å². The van der Waals surface area contributed by atoms with Crippen molar-refractivity contribution in [1.82, 2.24) is 9.38 Å². The molecule has 0 saturated heterocycles. The van der Waals surface area contributed by atoms with Crippen molar-refractivity contribution in [1.29, 1.82) is 0 Å². The highest BCUT2D eigenvalue weighted by atomic mass is 79.9. The number of rotatable bonds is 3. The zero-order valence-electron chi connectivity index (χ0n) is 9.95. The molecule has 0 aliphatic carbocycles. The van der Waals surface area contributed by atoms with Crippen LogP contribution in [0.2, 0.25) is 0 Å². The number of aliphatic hydroxyl groups excluding tert-OH is 1. The molecule has 1 aromatic carbocycles. The highest BCUT2D eigenvalue weighted by Gasteiger charge is 2.13. The van der Waals surface area contributed by atoms with Gasteiger partial charge in [-0.25, -0.2) is 4.98 Å². The van der Waals surface area contributed by atoms with Crippen LogP contribution >= 0.6 is 27.7 Å². The van der Waals surface area contributed by atoms with E-state index in [4.69, 9.17) is 0 Å². The number of nitrogens with zero attached hydrogens (tertiary/aromatic N) is 2. The summed E-state index contributed by atoms with van der Waals surface area (Å²) in [6.07, 6.45) is 1.91. The lowest BCUT2D eigenvalue weighted by Gasteiger charge is -2.03. The summed E-state index contributed by atoms with van der Waals surface area (Å²) in [7, 11) is 0. The smallest absolute Gasteiger partial charge is 0.138 e. The standard InChI is InChI=1S/C14H11BrN2OS/c15-10-5-1-2-6-12(10)19-14-11(9-18)17-8-4-3-7-13(17)16-14/h1-8,18H,9H2. The van der Waals surface area contributed by atoms with Crippen molar-refractivity contribution < 1.29 is 5.11 Å².